The lowest BCUT2D eigenvalue weighted by Crippen LogP contribution is -2.29. The number of rotatable bonds is 5. The largest absolute Gasteiger partial charge is 0.342 e. The summed E-state index contributed by atoms with van der Waals surface area (Å²) in [6.07, 6.45) is 8.39. The molecule has 2 amide bonds. The molecule has 1 fully saturated rings. The van der Waals surface area contributed by atoms with Gasteiger partial charge in [0.05, 0.1) is 5.92 Å². The van der Waals surface area contributed by atoms with Crippen LogP contribution in [0.1, 0.15) is 38.5 Å². The molecule has 1 heterocycles. The summed E-state index contributed by atoms with van der Waals surface area (Å²) in [5.41, 5.74) is 2.13. The molecule has 3 rings (SSSR count). The van der Waals surface area contributed by atoms with Gasteiger partial charge in [-0.1, -0.05) is 29.3 Å². The highest BCUT2D eigenvalue weighted by Gasteiger charge is 2.34. The van der Waals surface area contributed by atoms with Gasteiger partial charge in [0.2, 0.25) is 11.8 Å². The molecule has 1 unspecified atom stereocenters. The zero-order chi connectivity index (χ0) is 16.9. The average molecular weight is 347 g/mol. The fourth-order valence-electron chi connectivity index (χ4n) is 3.38. The third kappa shape index (κ3) is 4.38. The van der Waals surface area contributed by atoms with E-state index in [1.807, 2.05) is 4.90 Å². The Hall–Kier alpha value is -1.81. The Morgan fingerprint density at radius 3 is 2.96 bits per heavy atom. The molecule has 1 atom stereocenters. The summed E-state index contributed by atoms with van der Waals surface area (Å²) in [6.45, 7) is 1.24. The van der Waals surface area contributed by atoms with Crippen molar-refractivity contribution >= 4 is 29.1 Å². The minimum Gasteiger partial charge on any atom is -0.342 e. The summed E-state index contributed by atoms with van der Waals surface area (Å²) in [4.78, 5) is 26.4. The van der Waals surface area contributed by atoms with Crippen molar-refractivity contribution in [3.05, 3.63) is 40.9 Å². The maximum absolute atomic E-state index is 12.4. The van der Waals surface area contributed by atoms with Crippen molar-refractivity contribution in [2.24, 2.45) is 5.92 Å². The molecule has 1 aromatic carbocycles. The van der Waals surface area contributed by atoms with Gasteiger partial charge in [0.15, 0.2) is 0 Å². The number of anilines is 1. The summed E-state index contributed by atoms with van der Waals surface area (Å²) in [5.74, 6) is -0.306. The van der Waals surface area contributed by atoms with Crippen molar-refractivity contribution in [2.75, 3.05) is 18.4 Å². The van der Waals surface area contributed by atoms with E-state index in [9.17, 15) is 9.59 Å². The van der Waals surface area contributed by atoms with Gasteiger partial charge in [-0.15, -0.1) is 0 Å². The summed E-state index contributed by atoms with van der Waals surface area (Å²) in [6, 6.07) is 7.07. The highest BCUT2D eigenvalue weighted by molar-refractivity contribution is 6.30. The molecule has 5 heteroatoms. The average Bonchev–Trinajstić information content (AvgIpc) is 2.95. The Labute approximate surface area is 147 Å². The molecular formula is C19H23ClN2O2. The minimum atomic E-state index is -0.281. The van der Waals surface area contributed by atoms with E-state index in [0.29, 0.717) is 23.7 Å². The van der Waals surface area contributed by atoms with Crippen LogP contribution in [0.15, 0.2) is 35.9 Å². The van der Waals surface area contributed by atoms with E-state index in [1.165, 1.54) is 18.4 Å². The van der Waals surface area contributed by atoms with E-state index in [4.69, 9.17) is 11.6 Å². The normalized spacial score (nSPS) is 20.9. The van der Waals surface area contributed by atoms with Crippen LogP contribution in [-0.4, -0.2) is 29.8 Å². The summed E-state index contributed by atoms with van der Waals surface area (Å²) in [7, 11) is 0. The number of carbonyl (C=O) groups is 2. The maximum atomic E-state index is 12.4. The molecule has 1 aromatic rings. The van der Waals surface area contributed by atoms with Crippen LogP contribution < -0.4 is 5.32 Å². The van der Waals surface area contributed by atoms with Gasteiger partial charge >= 0.3 is 0 Å². The molecule has 0 radical (unpaired) electrons. The van der Waals surface area contributed by atoms with Crippen molar-refractivity contribution in [3.8, 4) is 0 Å². The second-order valence-corrected chi connectivity index (χ2v) is 7.03. The van der Waals surface area contributed by atoms with Gasteiger partial charge in [-0.05, 0) is 50.3 Å². The second kappa shape index (κ2) is 7.84. The molecular weight excluding hydrogens is 324 g/mol. The Morgan fingerprint density at radius 1 is 1.33 bits per heavy atom. The van der Waals surface area contributed by atoms with E-state index in [0.717, 1.165) is 25.8 Å². The molecule has 1 N–H and O–H groups in total. The van der Waals surface area contributed by atoms with Crippen molar-refractivity contribution in [1.29, 1.82) is 0 Å². The van der Waals surface area contributed by atoms with E-state index < -0.39 is 0 Å². The molecule has 4 nitrogen and oxygen atoms in total. The number of likely N-dealkylation sites (tertiary alicyclic amines) is 1. The van der Waals surface area contributed by atoms with Gasteiger partial charge in [0, 0.05) is 30.2 Å². The zero-order valence-electron chi connectivity index (χ0n) is 13.8. The maximum Gasteiger partial charge on any atom is 0.229 e. The van der Waals surface area contributed by atoms with Crippen LogP contribution >= 0.6 is 11.6 Å². The summed E-state index contributed by atoms with van der Waals surface area (Å²) < 4.78 is 0. The highest BCUT2D eigenvalue weighted by Crippen LogP contribution is 2.24. The third-order valence-corrected chi connectivity index (χ3v) is 5.00. The fourth-order valence-corrected chi connectivity index (χ4v) is 3.57. The van der Waals surface area contributed by atoms with Gasteiger partial charge < -0.3 is 10.2 Å². The number of nitrogens with one attached hydrogen (secondary N) is 1. The first-order valence-electron chi connectivity index (χ1n) is 8.64. The summed E-state index contributed by atoms with van der Waals surface area (Å²) >= 11 is 5.93. The Bertz CT molecular complexity index is 657. The first kappa shape index (κ1) is 17.0. The second-order valence-electron chi connectivity index (χ2n) is 6.60. The van der Waals surface area contributed by atoms with Crippen LogP contribution in [0.4, 0.5) is 5.69 Å². The number of amides is 2. The van der Waals surface area contributed by atoms with Gasteiger partial charge in [-0.3, -0.25) is 9.59 Å². The lowest BCUT2D eigenvalue weighted by atomic mass is 9.97. The van der Waals surface area contributed by atoms with E-state index in [2.05, 4.69) is 11.4 Å². The van der Waals surface area contributed by atoms with E-state index in [-0.39, 0.29) is 17.7 Å². The predicted molar refractivity (Wildman–Crippen MR) is 95.9 cm³/mol. The Balaban J connectivity index is 1.52. The monoisotopic (exact) mass is 346 g/mol. The van der Waals surface area contributed by atoms with Crippen LogP contribution in [0.3, 0.4) is 0 Å². The molecule has 2 aliphatic rings. The van der Waals surface area contributed by atoms with Gasteiger partial charge in [0.25, 0.3) is 0 Å². The van der Waals surface area contributed by atoms with Crippen LogP contribution in [0.25, 0.3) is 0 Å². The number of halogens is 1. The summed E-state index contributed by atoms with van der Waals surface area (Å²) in [5, 5.41) is 3.44. The van der Waals surface area contributed by atoms with Crippen LogP contribution in [0.2, 0.25) is 5.02 Å². The Morgan fingerprint density at radius 2 is 2.21 bits per heavy atom. The Kier molecular flexibility index (Phi) is 5.56. The molecule has 0 spiro atoms. The zero-order valence-corrected chi connectivity index (χ0v) is 14.5. The van der Waals surface area contributed by atoms with Gasteiger partial charge in [-0.2, -0.15) is 0 Å². The molecule has 1 aliphatic carbocycles. The fraction of sp³-hybridized carbons (Fsp3) is 0.474. The van der Waals surface area contributed by atoms with Crippen LogP contribution in [0.5, 0.6) is 0 Å². The lowest BCUT2D eigenvalue weighted by molar-refractivity contribution is -0.128. The van der Waals surface area contributed by atoms with Crippen LogP contribution in [0, 0.1) is 5.92 Å². The number of hydrogen-bond acceptors (Lipinski definition) is 2. The standard InChI is InChI=1S/C19H23ClN2O2/c20-16-7-4-8-17(12-16)21-19(24)15-11-18(23)22(13-15)10-9-14-5-2-1-3-6-14/h4-5,7-8,12,15H,1-3,6,9-11,13H2,(H,21,24). The van der Waals surface area contributed by atoms with Crippen molar-refractivity contribution < 1.29 is 9.59 Å². The number of nitrogens with zero attached hydrogens (tertiary/aromatic N) is 1. The van der Waals surface area contributed by atoms with Crippen molar-refractivity contribution in [2.45, 2.75) is 38.5 Å². The topological polar surface area (TPSA) is 49.4 Å². The van der Waals surface area contributed by atoms with Gasteiger partial charge in [-0.25, -0.2) is 0 Å². The minimum absolute atomic E-state index is 0.0812. The highest BCUT2D eigenvalue weighted by atomic mass is 35.5. The smallest absolute Gasteiger partial charge is 0.229 e. The number of carbonyl (C=O) groups excluding carboxylic acids is 2. The number of benzene rings is 1. The molecule has 1 aliphatic heterocycles. The molecule has 24 heavy (non-hydrogen) atoms. The molecule has 0 saturated carbocycles. The van der Waals surface area contributed by atoms with Gasteiger partial charge in [0.1, 0.15) is 0 Å². The van der Waals surface area contributed by atoms with Crippen molar-refractivity contribution in [3.63, 3.8) is 0 Å². The molecule has 0 bridgehead atoms. The SMILES string of the molecule is O=C(Nc1cccc(Cl)c1)C1CC(=O)N(CCC2=CCCCC2)C1. The molecule has 1 saturated heterocycles. The number of hydrogen-bond donors (Lipinski definition) is 1. The first-order chi connectivity index (χ1) is 11.6. The lowest BCUT2D eigenvalue weighted by Gasteiger charge is -2.19. The molecule has 0 aromatic heterocycles. The quantitative estimate of drug-likeness (QED) is 0.819. The van der Waals surface area contributed by atoms with E-state index >= 15 is 0 Å². The third-order valence-electron chi connectivity index (χ3n) is 4.77. The van der Waals surface area contributed by atoms with Crippen molar-refractivity contribution in [1.82, 2.24) is 4.90 Å². The predicted octanol–water partition coefficient (Wildman–Crippen LogP) is 4.02. The first-order valence-corrected chi connectivity index (χ1v) is 9.02. The van der Waals surface area contributed by atoms with E-state index in [1.54, 1.807) is 24.3 Å². The number of allylic oxidation sites excluding steroid dienone is 1. The van der Waals surface area contributed by atoms with Crippen LogP contribution in [-0.2, 0) is 9.59 Å². The molecule has 128 valence electrons.